The van der Waals surface area contributed by atoms with Crippen molar-refractivity contribution in [2.24, 2.45) is 0 Å². The van der Waals surface area contributed by atoms with Gasteiger partial charge in [-0.25, -0.2) is 8.42 Å². The number of para-hydroxylation sites is 1. The third-order valence-electron chi connectivity index (χ3n) is 2.44. The van der Waals surface area contributed by atoms with E-state index in [1.54, 1.807) is 24.3 Å². The van der Waals surface area contributed by atoms with Crippen LogP contribution in [0.15, 0.2) is 41.4 Å². The molecule has 0 bridgehead atoms. The number of hydrazine groups is 1. The molecule has 0 aromatic heterocycles. The first-order valence-electron chi connectivity index (χ1n) is 5.13. The van der Waals surface area contributed by atoms with Crippen molar-refractivity contribution in [3.63, 3.8) is 0 Å². The maximum Gasteiger partial charge on any atom is 0.268 e. The molecule has 0 saturated heterocycles. The second-order valence-electron chi connectivity index (χ2n) is 3.82. The van der Waals surface area contributed by atoms with Gasteiger partial charge in [0.2, 0.25) is 0 Å². The maximum absolute atomic E-state index is 11.3. The lowest BCUT2D eigenvalue weighted by Crippen LogP contribution is -2.33. The summed E-state index contributed by atoms with van der Waals surface area (Å²) in [6, 6.07) is 7.65. The Morgan fingerprint density at radius 1 is 1.22 bits per heavy atom. The van der Waals surface area contributed by atoms with Gasteiger partial charge in [0.1, 0.15) is 11.4 Å². The SMILES string of the molecule is O=[N+]([O-])C1CS(=O)(=O)C=C1NNc1ccccc1. The molecule has 1 heterocycles. The summed E-state index contributed by atoms with van der Waals surface area (Å²) in [6.07, 6.45) is 0. The van der Waals surface area contributed by atoms with Gasteiger partial charge in [-0.1, -0.05) is 18.2 Å². The number of nitrogens with one attached hydrogen (secondary N) is 2. The second-order valence-corrected chi connectivity index (χ2v) is 5.71. The lowest BCUT2D eigenvalue weighted by molar-refractivity contribution is -0.506. The van der Waals surface area contributed by atoms with Crippen molar-refractivity contribution < 1.29 is 13.3 Å². The summed E-state index contributed by atoms with van der Waals surface area (Å²) in [7, 11) is -3.50. The number of rotatable bonds is 4. The Labute approximate surface area is 104 Å². The minimum atomic E-state index is -3.50. The Hall–Kier alpha value is -2.09. The standard InChI is InChI=1S/C10H11N3O4S/c14-13(15)10-7-18(16,17)6-9(10)12-11-8-4-2-1-3-5-8/h1-6,10-12H,7H2. The molecular weight excluding hydrogens is 258 g/mol. The Morgan fingerprint density at radius 2 is 1.89 bits per heavy atom. The predicted octanol–water partition coefficient (Wildman–Crippen LogP) is 0.518. The van der Waals surface area contributed by atoms with Crippen LogP contribution >= 0.6 is 0 Å². The van der Waals surface area contributed by atoms with Crippen LogP contribution in [0.3, 0.4) is 0 Å². The van der Waals surface area contributed by atoms with E-state index in [-0.39, 0.29) is 5.70 Å². The number of sulfone groups is 1. The number of benzene rings is 1. The Kier molecular flexibility index (Phi) is 3.19. The van der Waals surface area contributed by atoms with Gasteiger partial charge in [-0.15, -0.1) is 0 Å². The molecule has 2 N–H and O–H groups in total. The van der Waals surface area contributed by atoms with E-state index in [1.165, 1.54) is 0 Å². The summed E-state index contributed by atoms with van der Waals surface area (Å²) in [5, 5.41) is 11.6. The first kappa shape index (κ1) is 12.4. The normalized spacial score (nSPS) is 21.1. The largest absolute Gasteiger partial charge is 0.301 e. The molecule has 1 unspecified atom stereocenters. The van der Waals surface area contributed by atoms with Crippen LogP contribution in [-0.4, -0.2) is 25.1 Å². The van der Waals surface area contributed by atoms with Crippen molar-refractivity contribution in [1.29, 1.82) is 0 Å². The molecule has 1 aromatic rings. The molecule has 0 spiro atoms. The van der Waals surface area contributed by atoms with Crippen LogP contribution in [-0.2, 0) is 9.84 Å². The molecule has 1 aromatic carbocycles. The van der Waals surface area contributed by atoms with Crippen molar-refractivity contribution in [3.8, 4) is 0 Å². The number of nitrogens with zero attached hydrogens (tertiary/aromatic N) is 1. The number of nitro groups is 1. The Morgan fingerprint density at radius 3 is 2.50 bits per heavy atom. The van der Waals surface area contributed by atoms with Crippen LogP contribution < -0.4 is 10.9 Å². The maximum atomic E-state index is 11.3. The minimum absolute atomic E-state index is 0.0452. The summed E-state index contributed by atoms with van der Waals surface area (Å²) in [5.41, 5.74) is 6.03. The minimum Gasteiger partial charge on any atom is -0.301 e. The summed E-state index contributed by atoms with van der Waals surface area (Å²) in [6.45, 7) is 0. The zero-order valence-electron chi connectivity index (χ0n) is 9.24. The number of hydrogen-bond donors (Lipinski definition) is 2. The summed E-state index contributed by atoms with van der Waals surface area (Å²) in [5.74, 6) is -0.501. The van der Waals surface area contributed by atoms with E-state index in [9.17, 15) is 18.5 Å². The molecular formula is C10H11N3O4S. The molecule has 7 nitrogen and oxygen atoms in total. The van der Waals surface area contributed by atoms with Crippen molar-refractivity contribution in [2.45, 2.75) is 6.04 Å². The van der Waals surface area contributed by atoms with Gasteiger partial charge in [0.05, 0.1) is 11.1 Å². The predicted molar refractivity (Wildman–Crippen MR) is 65.9 cm³/mol. The summed E-state index contributed by atoms with van der Waals surface area (Å²) < 4.78 is 22.6. The van der Waals surface area contributed by atoms with Gasteiger partial charge in [-0.2, -0.15) is 0 Å². The zero-order chi connectivity index (χ0) is 13.2. The van der Waals surface area contributed by atoms with Crippen molar-refractivity contribution in [3.05, 3.63) is 51.6 Å². The molecule has 1 aliphatic rings. The van der Waals surface area contributed by atoms with Crippen LogP contribution in [0.2, 0.25) is 0 Å². The Bertz CT molecular complexity index is 582. The highest BCUT2D eigenvalue weighted by Crippen LogP contribution is 2.18. The lowest BCUT2D eigenvalue weighted by atomic mass is 10.3. The monoisotopic (exact) mass is 269 g/mol. The first-order valence-corrected chi connectivity index (χ1v) is 6.84. The molecule has 1 aliphatic heterocycles. The van der Waals surface area contributed by atoms with Crippen LogP contribution in [0.25, 0.3) is 0 Å². The summed E-state index contributed by atoms with van der Waals surface area (Å²) >= 11 is 0. The van der Waals surface area contributed by atoms with Crippen molar-refractivity contribution in [2.75, 3.05) is 11.2 Å². The molecule has 8 heteroatoms. The van der Waals surface area contributed by atoms with E-state index in [0.717, 1.165) is 5.41 Å². The van der Waals surface area contributed by atoms with E-state index in [2.05, 4.69) is 10.9 Å². The zero-order valence-corrected chi connectivity index (χ0v) is 10.1. The molecule has 0 aliphatic carbocycles. The van der Waals surface area contributed by atoms with Gasteiger partial charge < -0.3 is 5.43 Å². The smallest absolute Gasteiger partial charge is 0.268 e. The van der Waals surface area contributed by atoms with Gasteiger partial charge >= 0.3 is 0 Å². The number of anilines is 1. The average Bonchev–Trinajstić information content (AvgIpc) is 2.64. The van der Waals surface area contributed by atoms with Crippen LogP contribution in [0.4, 0.5) is 5.69 Å². The lowest BCUT2D eigenvalue weighted by Gasteiger charge is -2.11. The fraction of sp³-hybridized carbons (Fsp3) is 0.200. The summed E-state index contributed by atoms with van der Waals surface area (Å²) in [4.78, 5) is 10.1. The highest BCUT2D eigenvalue weighted by Gasteiger charge is 2.38. The van der Waals surface area contributed by atoms with Gasteiger partial charge in [0.25, 0.3) is 6.04 Å². The molecule has 2 rings (SSSR count). The van der Waals surface area contributed by atoms with Crippen molar-refractivity contribution in [1.82, 2.24) is 5.43 Å². The van der Waals surface area contributed by atoms with Crippen LogP contribution in [0.1, 0.15) is 0 Å². The third kappa shape index (κ3) is 2.77. The molecule has 0 saturated carbocycles. The molecule has 1 atom stereocenters. The third-order valence-corrected chi connectivity index (χ3v) is 3.83. The molecule has 96 valence electrons. The fourth-order valence-electron chi connectivity index (χ4n) is 1.58. The second kappa shape index (κ2) is 4.65. The van der Waals surface area contributed by atoms with Crippen LogP contribution in [0, 0.1) is 10.1 Å². The van der Waals surface area contributed by atoms with Gasteiger partial charge in [0.15, 0.2) is 9.84 Å². The van der Waals surface area contributed by atoms with Gasteiger partial charge in [-0.3, -0.25) is 15.5 Å². The molecule has 0 fully saturated rings. The van der Waals surface area contributed by atoms with Crippen LogP contribution in [0.5, 0.6) is 0 Å². The van der Waals surface area contributed by atoms with E-state index in [0.29, 0.717) is 5.69 Å². The topological polar surface area (TPSA) is 101 Å². The Balaban J connectivity index is 2.10. The van der Waals surface area contributed by atoms with E-state index in [1.807, 2.05) is 6.07 Å². The first-order chi connectivity index (χ1) is 8.48. The fourth-order valence-corrected chi connectivity index (χ4v) is 3.02. The van der Waals surface area contributed by atoms with E-state index < -0.39 is 26.6 Å². The quantitative estimate of drug-likeness (QED) is 0.610. The number of hydrogen-bond acceptors (Lipinski definition) is 6. The van der Waals surface area contributed by atoms with E-state index >= 15 is 0 Å². The van der Waals surface area contributed by atoms with Gasteiger partial charge in [0, 0.05) is 4.92 Å². The van der Waals surface area contributed by atoms with Crippen molar-refractivity contribution >= 4 is 15.5 Å². The van der Waals surface area contributed by atoms with E-state index in [4.69, 9.17) is 0 Å². The molecule has 18 heavy (non-hydrogen) atoms. The average molecular weight is 269 g/mol. The highest BCUT2D eigenvalue weighted by atomic mass is 32.2. The molecule has 0 amide bonds. The highest BCUT2D eigenvalue weighted by molar-refractivity contribution is 7.94. The van der Waals surface area contributed by atoms with Gasteiger partial charge in [-0.05, 0) is 12.1 Å². The molecule has 0 radical (unpaired) electrons.